The summed E-state index contributed by atoms with van der Waals surface area (Å²) in [5, 5.41) is 6.95. The molecule has 0 aromatic carbocycles. The largest absolute Gasteiger partial charge is 0.378 e. The Labute approximate surface area is 169 Å². The Balaban J connectivity index is 0.00000312. The third kappa shape index (κ3) is 5.45. The molecule has 7 heteroatoms. The van der Waals surface area contributed by atoms with Crippen LogP contribution in [0.4, 0.5) is 0 Å². The molecule has 1 amide bonds. The van der Waals surface area contributed by atoms with E-state index in [0.29, 0.717) is 12.1 Å². The van der Waals surface area contributed by atoms with E-state index in [2.05, 4.69) is 29.5 Å². The number of aliphatic imine (C=N–C) groups is 1. The molecule has 2 aliphatic carbocycles. The number of halogens is 1. The Morgan fingerprint density at radius 2 is 2.04 bits per heavy atom. The van der Waals surface area contributed by atoms with Gasteiger partial charge in [0, 0.05) is 38.7 Å². The van der Waals surface area contributed by atoms with E-state index in [0.717, 1.165) is 38.4 Å². The summed E-state index contributed by atoms with van der Waals surface area (Å²) in [5.74, 6) is 0.788. The number of ether oxygens (including phenoxy) is 1. The highest BCUT2D eigenvalue weighted by Gasteiger charge is 2.59. The molecule has 2 aliphatic rings. The van der Waals surface area contributed by atoms with Crippen molar-refractivity contribution in [2.24, 2.45) is 10.4 Å². The molecular weight excluding hydrogens is 431 g/mol. The van der Waals surface area contributed by atoms with Crippen LogP contribution < -0.4 is 10.6 Å². The molecule has 146 valence electrons. The second-order valence-electron chi connectivity index (χ2n) is 7.20. The SMILES string of the molecule is CCCCNC(=NCC(=O)N(C)C)NC1CC(OCC)C12CCC2.I. The molecule has 2 unspecified atom stereocenters. The topological polar surface area (TPSA) is 66.0 Å². The maximum absolute atomic E-state index is 11.8. The number of rotatable bonds is 8. The van der Waals surface area contributed by atoms with Crippen molar-refractivity contribution >= 4 is 35.8 Å². The van der Waals surface area contributed by atoms with Crippen LogP contribution in [0.15, 0.2) is 4.99 Å². The molecule has 0 radical (unpaired) electrons. The van der Waals surface area contributed by atoms with Gasteiger partial charge < -0.3 is 20.3 Å². The second kappa shape index (κ2) is 10.5. The summed E-state index contributed by atoms with van der Waals surface area (Å²) in [6, 6.07) is 0.408. The van der Waals surface area contributed by atoms with Gasteiger partial charge in [-0.25, -0.2) is 4.99 Å². The number of guanidine groups is 1. The van der Waals surface area contributed by atoms with Crippen molar-refractivity contribution < 1.29 is 9.53 Å². The third-order valence-electron chi connectivity index (χ3n) is 5.44. The smallest absolute Gasteiger partial charge is 0.243 e. The Hall–Kier alpha value is -0.570. The molecule has 6 nitrogen and oxygen atoms in total. The molecule has 0 aromatic heterocycles. The van der Waals surface area contributed by atoms with E-state index >= 15 is 0 Å². The Morgan fingerprint density at radius 1 is 1.32 bits per heavy atom. The van der Waals surface area contributed by atoms with E-state index in [-0.39, 0.29) is 41.8 Å². The fourth-order valence-electron chi connectivity index (χ4n) is 3.63. The summed E-state index contributed by atoms with van der Waals surface area (Å²) < 4.78 is 5.91. The highest BCUT2D eigenvalue weighted by molar-refractivity contribution is 14.0. The molecule has 0 aromatic rings. The number of unbranched alkanes of at least 4 members (excludes halogenated alkanes) is 1. The molecule has 0 bridgehead atoms. The minimum atomic E-state index is 0. The van der Waals surface area contributed by atoms with Crippen LogP contribution in [-0.2, 0) is 9.53 Å². The number of hydrogen-bond acceptors (Lipinski definition) is 3. The van der Waals surface area contributed by atoms with Crippen molar-refractivity contribution in [1.29, 1.82) is 0 Å². The zero-order chi connectivity index (χ0) is 17.6. The van der Waals surface area contributed by atoms with Crippen molar-refractivity contribution in [2.75, 3.05) is 33.8 Å². The van der Waals surface area contributed by atoms with Gasteiger partial charge in [0.2, 0.25) is 5.91 Å². The average Bonchev–Trinajstić information content (AvgIpc) is 2.48. The molecule has 2 fully saturated rings. The fraction of sp³-hybridized carbons (Fsp3) is 0.889. The monoisotopic (exact) mass is 466 g/mol. The zero-order valence-corrected chi connectivity index (χ0v) is 18.5. The molecule has 2 rings (SSSR count). The highest BCUT2D eigenvalue weighted by atomic mass is 127. The van der Waals surface area contributed by atoms with Gasteiger partial charge in [0.15, 0.2) is 5.96 Å². The predicted octanol–water partition coefficient (Wildman–Crippen LogP) is 2.38. The number of likely N-dealkylation sites (N-methyl/N-ethyl adjacent to an activating group) is 1. The van der Waals surface area contributed by atoms with Gasteiger partial charge in [-0.15, -0.1) is 24.0 Å². The van der Waals surface area contributed by atoms with Gasteiger partial charge in [0.25, 0.3) is 0 Å². The molecule has 2 N–H and O–H groups in total. The van der Waals surface area contributed by atoms with E-state index < -0.39 is 0 Å². The first kappa shape index (κ1) is 22.5. The summed E-state index contributed by atoms with van der Waals surface area (Å²) in [6.45, 7) is 6.09. The van der Waals surface area contributed by atoms with Gasteiger partial charge >= 0.3 is 0 Å². The number of carbonyl (C=O) groups excluding carboxylic acids is 1. The predicted molar refractivity (Wildman–Crippen MR) is 113 cm³/mol. The van der Waals surface area contributed by atoms with Crippen LogP contribution in [0.3, 0.4) is 0 Å². The Bertz CT molecular complexity index is 452. The zero-order valence-electron chi connectivity index (χ0n) is 16.1. The number of hydrogen-bond donors (Lipinski definition) is 2. The van der Waals surface area contributed by atoms with Gasteiger partial charge in [-0.1, -0.05) is 19.8 Å². The standard InChI is InChI=1S/C18H34N4O2.HI/c1-5-7-11-19-17(20-13-16(23)22(3)4)21-14-12-15(24-6-2)18(14)9-8-10-18;/h14-15H,5-13H2,1-4H3,(H2,19,20,21);1H. The van der Waals surface area contributed by atoms with E-state index in [1.54, 1.807) is 19.0 Å². The van der Waals surface area contributed by atoms with E-state index in [9.17, 15) is 4.79 Å². The number of nitrogens with zero attached hydrogens (tertiary/aromatic N) is 2. The lowest BCUT2D eigenvalue weighted by atomic mass is 9.51. The minimum absolute atomic E-state index is 0. The summed E-state index contributed by atoms with van der Waals surface area (Å²) >= 11 is 0. The lowest BCUT2D eigenvalue weighted by Gasteiger charge is -2.61. The molecule has 25 heavy (non-hydrogen) atoms. The first-order valence-electron chi connectivity index (χ1n) is 9.40. The number of carbonyl (C=O) groups is 1. The van der Waals surface area contributed by atoms with Crippen molar-refractivity contribution in [3.05, 3.63) is 0 Å². The van der Waals surface area contributed by atoms with Crippen LogP contribution in [0.25, 0.3) is 0 Å². The quantitative estimate of drug-likeness (QED) is 0.250. The van der Waals surface area contributed by atoms with Crippen LogP contribution >= 0.6 is 24.0 Å². The first-order chi connectivity index (χ1) is 11.5. The third-order valence-corrected chi connectivity index (χ3v) is 5.44. The van der Waals surface area contributed by atoms with Crippen molar-refractivity contribution in [2.45, 2.75) is 64.5 Å². The normalized spacial score (nSPS) is 23.9. The Morgan fingerprint density at radius 3 is 2.56 bits per heavy atom. The van der Waals surface area contributed by atoms with Crippen LogP contribution in [0.2, 0.25) is 0 Å². The van der Waals surface area contributed by atoms with Gasteiger partial charge in [-0.05, 0) is 32.6 Å². The molecule has 2 atom stereocenters. The number of nitrogens with one attached hydrogen (secondary N) is 2. The molecule has 0 heterocycles. The van der Waals surface area contributed by atoms with Crippen molar-refractivity contribution in [1.82, 2.24) is 15.5 Å². The van der Waals surface area contributed by atoms with Crippen LogP contribution in [0.1, 0.15) is 52.4 Å². The van der Waals surface area contributed by atoms with Crippen LogP contribution in [0.5, 0.6) is 0 Å². The lowest BCUT2D eigenvalue weighted by Crippen LogP contribution is -2.68. The molecule has 0 aliphatic heterocycles. The molecule has 1 spiro atoms. The van der Waals surface area contributed by atoms with E-state index in [1.807, 2.05) is 0 Å². The minimum Gasteiger partial charge on any atom is -0.378 e. The number of amides is 1. The van der Waals surface area contributed by atoms with Crippen LogP contribution in [0, 0.1) is 5.41 Å². The van der Waals surface area contributed by atoms with Gasteiger partial charge in [-0.2, -0.15) is 0 Å². The van der Waals surface area contributed by atoms with E-state index in [1.165, 1.54) is 19.3 Å². The lowest BCUT2D eigenvalue weighted by molar-refractivity contribution is -0.168. The highest BCUT2D eigenvalue weighted by Crippen LogP contribution is 2.57. The van der Waals surface area contributed by atoms with Gasteiger partial charge in [0.05, 0.1) is 6.10 Å². The van der Waals surface area contributed by atoms with Crippen molar-refractivity contribution in [3.63, 3.8) is 0 Å². The summed E-state index contributed by atoms with van der Waals surface area (Å²) in [7, 11) is 3.52. The maximum atomic E-state index is 11.8. The van der Waals surface area contributed by atoms with Gasteiger partial charge in [-0.3, -0.25) is 4.79 Å². The van der Waals surface area contributed by atoms with Gasteiger partial charge in [0.1, 0.15) is 6.54 Å². The molecule has 0 saturated heterocycles. The first-order valence-corrected chi connectivity index (χ1v) is 9.40. The summed E-state index contributed by atoms with van der Waals surface area (Å²) in [4.78, 5) is 17.9. The van der Waals surface area contributed by atoms with Crippen LogP contribution in [-0.4, -0.2) is 62.7 Å². The van der Waals surface area contributed by atoms with Crippen molar-refractivity contribution in [3.8, 4) is 0 Å². The van der Waals surface area contributed by atoms with E-state index in [4.69, 9.17) is 4.74 Å². The average molecular weight is 466 g/mol. The fourth-order valence-corrected chi connectivity index (χ4v) is 3.63. The maximum Gasteiger partial charge on any atom is 0.243 e. The second-order valence-corrected chi connectivity index (χ2v) is 7.20. The Kier molecular flexibility index (Phi) is 9.48. The summed E-state index contributed by atoms with van der Waals surface area (Å²) in [6.07, 6.45) is 7.40. The molecular formula is C18H35IN4O2. The molecule has 2 saturated carbocycles. The summed E-state index contributed by atoms with van der Waals surface area (Å²) in [5.41, 5.74) is 0.286.